The highest BCUT2D eigenvalue weighted by molar-refractivity contribution is 7.89. The van der Waals surface area contributed by atoms with Crippen LogP contribution in [0.3, 0.4) is 0 Å². The number of sulfonamides is 1. The predicted octanol–water partition coefficient (Wildman–Crippen LogP) is 4.17. The molecule has 4 aliphatic carbocycles. The lowest BCUT2D eigenvalue weighted by atomic mass is 9.40. The minimum atomic E-state index is -3.64. The maximum atomic E-state index is 13.8. The summed E-state index contributed by atoms with van der Waals surface area (Å²) >= 11 is 6.14. The molecule has 1 aromatic carbocycles. The van der Waals surface area contributed by atoms with Gasteiger partial charge < -0.3 is 4.90 Å². The number of hydrogen-bond donors (Lipinski definition) is 0. The van der Waals surface area contributed by atoms with Crippen LogP contribution in [0.5, 0.6) is 0 Å². The molecule has 5 aliphatic rings. The lowest BCUT2D eigenvalue weighted by Crippen LogP contribution is -2.62. The van der Waals surface area contributed by atoms with E-state index in [9.17, 15) is 13.2 Å². The molecule has 30 heavy (non-hydrogen) atoms. The van der Waals surface area contributed by atoms with Crippen molar-refractivity contribution < 1.29 is 13.2 Å². The summed E-state index contributed by atoms with van der Waals surface area (Å²) in [6, 6.07) is 6.56. The van der Waals surface area contributed by atoms with Crippen LogP contribution in [-0.2, 0) is 14.8 Å². The summed E-state index contributed by atoms with van der Waals surface area (Å²) in [4.78, 5) is 15.8. The maximum absolute atomic E-state index is 13.8. The van der Waals surface area contributed by atoms with Crippen molar-refractivity contribution in [3.63, 3.8) is 0 Å². The van der Waals surface area contributed by atoms with Gasteiger partial charge >= 0.3 is 0 Å². The average Bonchev–Trinajstić information content (AvgIpc) is 2.65. The zero-order valence-electron chi connectivity index (χ0n) is 17.9. The van der Waals surface area contributed by atoms with Gasteiger partial charge in [-0.2, -0.15) is 4.31 Å². The summed E-state index contributed by atoms with van der Waals surface area (Å²) in [5.41, 5.74) is 0.352. The molecular weight excluding hydrogens is 420 g/mol. The molecule has 1 amide bonds. The van der Waals surface area contributed by atoms with Gasteiger partial charge in [0.15, 0.2) is 0 Å². The minimum Gasteiger partial charge on any atom is -0.340 e. The largest absolute Gasteiger partial charge is 0.340 e. The molecular formula is C23H31ClN2O3S. The van der Waals surface area contributed by atoms with E-state index in [1.165, 1.54) is 23.6 Å². The van der Waals surface area contributed by atoms with E-state index in [0.29, 0.717) is 42.9 Å². The Labute approximate surface area is 184 Å². The number of hydrogen-bond acceptors (Lipinski definition) is 3. The first-order valence-corrected chi connectivity index (χ1v) is 12.9. The van der Waals surface area contributed by atoms with Crippen molar-refractivity contribution in [2.75, 3.05) is 26.2 Å². The van der Waals surface area contributed by atoms with Gasteiger partial charge in [-0.1, -0.05) is 37.6 Å². The summed E-state index contributed by atoms with van der Waals surface area (Å²) < 4.78 is 27.5. The molecule has 5 nitrogen and oxygen atoms in total. The van der Waals surface area contributed by atoms with Crippen LogP contribution < -0.4 is 0 Å². The van der Waals surface area contributed by atoms with Crippen molar-refractivity contribution in [1.29, 1.82) is 0 Å². The topological polar surface area (TPSA) is 57.7 Å². The first kappa shape index (κ1) is 20.8. The molecule has 0 N–H and O–H groups in total. The van der Waals surface area contributed by atoms with Crippen molar-refractivity contribution >= 4 is 27.5 Å². The van der Waals surface area contributed by atoms with E-state index in [4.69, 9.17) is 11.6 Å². The molecule has 2 unspecified atom stereocenters. The molecule has 164 valence electrons. The van der Waals surface area contributed by atoms with Crippen molar-refractivity contribution in [3.05, 3.63) is 29.3 Å². The lowest BCUT2D eigenvalue weighted by molar-refractivity contribution is -0.180. The van der Waals surface area contributed by atoms with Crippen LogP contribution in [0.4, 0.5) is 0 Å². The van der Waals surface area contributed by atoms with Crippen molar-refractivity contribution in [2.24, 2.45) is 22.2 Å². The smallest absolute Gasteiger partial charge is 0.244 e. The molecule has 1 heterocycles. The summed E-state index contributed by atoms with van der Waals surface area (Å²) in [6.45, 7) is 6.34. The van der Waals surface area contributed by atoms with E-state index in [1.807, 2.05) is 4.90 Å². The monoisotopic (exact) mass is 450 g/mol. The van der Waals surface area contributed by atoms with E-state index in [2.05, 4.69) is 13.8 Å². The second-order valence-electron chi connectivity index (χ2n) is 11.0. The third-order valence-electron chi connectivity index (χ3n) is 8.06. The average molecular weight is 451 g/mol. The second-order valence-corrected chi connectivity index (χ2v) is 13.4. The molecule has 1 saturated heterocycles. The number of piperazine rings is 1. The Morgan fingerprint density at radius 1 is 0.967 bits per heavy atom. The van der Waals surface area contributed by atoms with Crippen LogP contribution in [-0.4, -0.2) is 49.7 Å². The SMILES string of the molecule is CC12CC3CC(C)(C1)CC(C(=O)N1CCN(S(=O)(=O)c4ccccc4Cl)CC1)(C3)C2. The minimum absolute atomic E-state index is 0.147. The highest BCUT2D eigenvalue weighted by atomic mass is 35.5. The molecule has 1 aliphatic heterocycles. The van der Waals surface area contributed by atoms with Gasteiger partial charge in [-0.25, -0.2) is 8.42 Å². The van der Waals surface area contributed by atoms with Crippen LogP contribution in [0, 0.1) is 22.2 Å². The molecule has 0 radical (unpaired) electrons. The fourth-order valence-electron chi connectivity index (χ4n) is 7.95. The molecule has 6 rings (SSSR count). The van der Waals surface area contributed by atoms with E-state index < -0.39 is 10.0 Å². The summed E-state index contributed by atoms with van der Waals surface area (Å²) in [5.74, 6) is 0.945. The Hall–Kier alpha value is -1.11. The van der Waals surface area contributed by atoms with Gasteiger partial charge in [0, 0.05) is 26.2 Å². The molecule has 7 heteroatoms. The Balaban J connectivity index is 1.32. The van der Waals surface area contributed by atoms with E-state index in [-0.39, 0.29) is 21.2 Å². The summed E-state index contributed by atoms with van der Waals surface area (Å²) in [5, 5.41) is 0.242. The van der Waals surface area contributed by atoms with Gasteiger partial charge in [0.25, 0.3) is 0 Å². The zero-order chi connectivity index (χ0) is 21.4. The zero-order valence-corrected chi connectivity index (χ0v) is 19.4. The third kappa shape index (κ3) is 3.21. The fourth-order valence-corrected chi connectivity index (χ4v) is 9.86. The quantitative estimate of drug-likeness (QED) is 0.694. The van der Waals surface area contributed by atoms with Crippen LogP contribution in [0.1, 0.15) is 52.4 Å². The van der Waals surface area contributed by atoms with Crippen molar-refractivity contribution in [1.82, 2.24) is 9.21 Å². The summed E-state index contributed by atoms with van der Waals surface area (Å²) in [7, 11) is -3.64. The number of halogens is 1. The van der Waals surface area contributed by atoms with Gasteiger partial charge in [-0.05, 0) is 67.4 Å². The fraction of sp³-hybridized carbons (Fsp3) is 0.696. The molecule has 0 aromatic heterocycles. The number of amides is 1. The molecule has 0 spiro atoms. The Morgan fingerprint density at radius 3 is 2.13 bits per heavy atom. The van der Waals surface area contributed by atoms with Gasteiger partial charge in [-0.15, -0.1) is 0 Å². The number of carbonyl (C=O) groups is 1. The lowest BCUT2D eigenvalue weighted by Gasteiger charge is -2.65. The summed E-state index contributed by atoms with van der Waals surface area (Å²) in [6.07, 6.45) is 6.81. The Morgan fingerprint density at radius 2 is 1.57 bits per heavy atom. The number of carbonyl (C=O) groups excluding carboxylic acids is 1. The van der Waals surface area contributed by atoms with E-state index >= 15 is 0 Å². The number of rotatable bonds is 3. The number of benzene rings is 1. The molecule has 4 bridgehead atoms. The maximum Gasteiger partial charge on any atom is 0.244 e. The predicted molar refractivity (Wildman–Crippen MR) is 117 cm³/mol. The standard InChI is InChI=1S/C23H31ClN2O3S/c1-21-11-17-12-22(2,14-21)16-23(13-17,15-21)20(27)25-7-9-26(10-8-25)30(28,29)19-6-4-3-5-18(19)24/h3-6,17H,7-16H2,1-2H3. The highest BCUT2D eigenvalue weighted by Crippen LogP contribution is 2.69. The molecule has 4 saturated carbocycles. The first-order chi connectivity index (χ1) is 14.0. The Bertz CT molecular complexity index is 968. The molecule has 1 aromatic rings. The van der Waals surface area contributed by atoms with Crippen molar-refractivity contribution in [3.8, 4) is 0 Å². The van der Waals surface area contributed by atoms with Crippen LogP contribution >= 0.6 is 11.6 Å². The van der Waals surface area contributed by atoms with Gasteiger partial charge in [-0.3, -0.25) is 4.79 Å². The number of nitrogens with zero attached hydrogens (tertiary/aromatic N) is 2. The highest BCUT2D eigenvalue weighted by Gasteiger charge is 2.63. The van der Waals surface area contributed by atoms with Crippen LogP contribution in [0.2, 0.25) is 5.02 Å². The molecule has 5 fully saturated rings. The first-order valence-electron chi connectivity index (χ1n) is 11.1. The van der Waals surface area contributed by atoms with Gasteiger partial charge in [0.05, 0.1) is 10.4 Å². The second kappa shape index (κ2) is 6.69. The van der Waals surface area contributed by atoms with Gasteiger partial charge in [0.2, 0.25) is 15.9 Å². The van der Waals surface area contributed by atoms with E-state index in [1.54, 1.807) is 24.3 Å². The molecule has 2 atom stereocenters. The Kier molecular flexibility index (Phi) is 4.63. The third-order valence-corrected chi connectivity index (χ3v) is 10.5. The normalized spacial score (nSPS) is 38.8. The van der Waals surface area contributed by atoms with E-state index in [0.717, 1.165) is 19.3 Å². The van der Waals surface area contributed by atoms with Crippen LogP contribution in [0.25, 0.3) is 0 Å². The van der Waals surface area contributed by atoms with Crippen molar-refractivity contribution in [2.45, 2.75) is 57.3 Å². The van der Waals surface area contributed by atoms with Crippen LogP contribution in [0.15, 0.2) is 29.2 Å². The van der Waals surface area contributed by atoms with Gasteiger partial charge in [0.1, 0.15) is 4.90 Å².